The summed E-state index contributed by atoms with van der Waals surface area (Å²) in [6.45, 7) is 7.93. The summed E-state index contributed by atoms with van der Waals surface area (Å²) in [5, 5.41) is 9.74. The molecule has 1 aromatic rings. The van der Waals surface area contributed by atoms with Crippen LogP contribution in [0.5, 0.6) is 11.5 Å². The van der Waals surface area contributed by atoms with Crippen LogP contribution in [0.1, 0.15) is 58.1 Å². The number of methoxy groups -OCH3 is 1. The van der Waals surface area contributed by atoms with Crippen molar-refractivity contribution in [3.8, 4) is 11.5 Å². The third-order valence-corrected chi connectivity index (χ3v) is 6.84. The van der Waals surface area contributed by atoms with E-state index in [4.69, 9.17) is 8.92 Å². The first kappa shape index (κ1) is 32.3. The van der Waals surface area contributed by atoms with Gasteiger partial charge in [0.25, 0.3) is 0 Å². The fourth-order valence-corrected chi connectivity index (χ4v) is 4.68. The monoisotopic (exact) mass is 589 g/mol. The number of hydrogen-bond donors (Lipinski definition) is 2. The molecule has 0 saturated heterocycles. The summed E-state index contributed by atoms with van der Waals surface area (Å²) in [6.07, 6.45) is 8.64. The molecule has 204 valence electrons. The maximum absolute atomic E-state index is 12.2. The van der Waals surface area contributed by atoms with Gasteiger partial charge in [-0.1, -0.05) is 24.6 Å². The zero-order valence-electron chi connectivity index (χ0n) is 22.3. The van der Waals surface area contributed by atoms with Crippen molar-refractivity contribution in [3.63, 3.8) is 0 Å². The Balaban J connectivity index is 3.02. The van der Waals surface area contributed by atoms with Gasteiger partial charge in [0, 0.05) is 12.5 Å². The average molecular weight is 591 g/mol. The lowest BCUT2D eigenvalue weighted by molar-refractivity contribution is -0.118. The first-order valence-corrected chi connectivity index (χ1v) is 14.0. The van der Waals surface area contributed by atoms with E-state index >= 15 is 0 Å². The van der Waals surface area contributed by atoms with E-state index in [0.717, 1.165) is 42.5 Å². The Morgan fingerprint density at radius 1 is 1.31 bits per heavy atom. The number of hydrogen-bond acceptors (Lipinski definition) is 7. The number of carbonyl (C=O) groups is 1. The molecule has 8 nitrogen and oxygen atoms in total. The second-order valence-electron chi connectivity index (χ2n) is 9.86. The Bertz CT molecular complexity index is 1060. The number of benzene rings is 1. The van der Waals surface area contributed by atoms with Gasteiger partial charge in [0.15, 0.2) is 17.3 Å². The van der Waals surface area contributed by atoms with Crippen LogP contribution >= 0.6 is 15.9 Å². The zero-order chi connectivity index (χ0) is 27.7. The van der Waals surface area contributed by atoms with Crippen molar-refractivity contribution >= 4 is 32.1 Å². The molecule has 0 fully saturated rings. The molecule has 0 radical (unpaired) electrons. The number of halogens is 1. The van der Waals surface area contributed by atoms with Crippen LogP contribution in [0.15, 0.2) is 34.3 Å². The molecule has 0 bridgehead atoms. The van der Waals surface area contributed by atoms with Gasteiger partial charge in [-0.25, -0.2) is 0 Å². The quantitative estimate of drug-likeness (QED) is 0.168. The Labute approximate surface area is 224 Å². The number of aliphatic hydroxyl groups is 1. The van der Waals surface area contributed by atoms with E-state index in [1.54, 1.807) is 19.9 Å². The summed E-state index contributed by atoms with van der Waals surface area (Å²) in [5.74, 6) is -0.0263. The molecule has 0 aliphatic heterocycles. The van der Waals surface area contributed by atoms with E-state index in [1.807, 2.05) is 32.8 Å². The van der Waals surface area contributed by atoms with Crippen LogP contribution in [-0.4, -0.2) is 62.1 Å². The maximum atomic E-state index is 12.2. The molecule has 0 saturated carbocycles. The van der Waals surface area contributed by atoms with Crippen molar-refractivity contribution in [1.82, 2.24) is 4.90 Å². The minimum absolute atomic E-state index is 0.00117. The normalized spacial score (nSPS) is 13.9. The summed E-state index contributed by atoms with van der Waals surface area (Å²) in [7, 11) is 0.620. The summed E-state index contributed by atoms with van der Waals surface area (Å²) in [5.41, 5.74) is 1.94. The molecule has 0 spiro atoms. The van der Waals surface area contributed by atoms with Crippen LogP contribution < -0.4 is 8.92 Å². The maximum Gasteiger partial charge on any atom is 0.446 e. The number of carbonyl (C=O) groups excluding carboxylic acids is 1. The van der Waals surface area contributed by atoms with Gasteiger partial charge in [-0.2, -0.15) is 8.42 Å². The van der Waals surface area contributed by atoms with Gasteiger partial charge >= 0.3 is 10.4 Å². The summed E-state index contributed by atoms with van der Waals surface area (Å²) >= 11 is 3.53. The van der Waals surface area contributed by atoms with Crippen LogP contribution in [0.2, 0.25) is 0 Å². The van der Waals surface area contributed by atoms with Crippen molar-refractivity contribution in [2.75, 3.05) is 27.7 Å². The molecule has 1 rings (SSSR count). The number of nitrogens with zero attached hydrogens (tertiary/aromatic N) is 1. The van der Waals surface area contributed by atoms with Gasteiger partial charge in [0.05, 0.1) is 17.2 Å². The van der Waals surface area contributed by atoms with Crippen molar-refractivity contribution in [3.05, 3.63) is 45.5 Å². The van der Waals surface area contributed by atoms with Crippen molar-refractivity contribution in [1.29, 1.82) is 0 Å². The van der Waals surface area contributed by atoms with Crippen molar-refractivity contribution < 1.29 is 31.8 Å². The van der Waals surface area contributed by atoms with E-state index < -0.39 is 16.0 Å². The standard InChI is InChI=1S/C26H40BrNO7S/c1-18(9-8-10-19(2)22(29)13-15-26(3,4)30)11-12-20-17-23(35-36(31,32)33)25(34-7)24(27)21(20)14-16-28(5)6/h11,13,15,17,19,30H,8-10,12,14,16H2,1-7H3,(H,31,32,33)/t19-/m1/s1. The molecule has 0 aliphatic carbocycles. The van der Waals surface area contributed by atoms with Gasteiger partial charge in [0.1, 0.15) is 0 Å². The molecular weight excluding hydrogens is 550 g/mol. The highest BCUT2D eigenvalue weighted by Gasteiger charge is 2.21. The topological polar surface area (TPSA) is 113 Å². The van der Waals surface area contributed by atoms with Crippen LogP contribution in [0.4, 0.5) is 0 Å². The van der Waals surface area contributed by atoms with Gasteiger partial charge in [0.2, 0.25) is 0 Å². The van der Waals surface area contributed by atoms with Crippen LogP contribution in [-0.2, 0) is 28.0 Å². The van der Waals surface area contributed by atoms with Gasteiger partial charge < -0.3 is 18.9 Å². The molecule has 10 heteroatoms. The summed E-state index contributed by atoms with van der Waals surface area (Å²) < 4.78 is 42.7. The minimum atomic E-state index is -4.72. The van der Waals surface area contributed by atoms with E-state index in [2.05, 4.69) is 22.0 Å². The van der Waals surface area contributed by atoms with Gasteiger partial charge in [-0.05, 0) is 106 Å². The molecule has 0 amide bonds. The van der Waals surface area contributed by atoms with E-state index in [0.29, 0.717) is 17.3 Å². The predicted molar refractivity (Wildman–Crippen MR) is 146 cm³/mol. The third-order valence-electron chi connectivity index (χ3n) is 5.61. The molecular formula is C26H40BrNO7S. The number of allylic oxidation sites excluding steroid dienone is 3. The second kappa shape index (κ2) is 14.3. The molecule has 36 heavy (non-hydrogen) atoms. The molecule has 0 heterocycles. The fourth-order valence-electron chi connectivity index (χ4n) is 3.52. The molecule has 0 unspecified atom stereocenters. The van der Waals surface area contributed by atoms with Crippen molar-refractivity contribution in [2.24, 2.45) is 5.92 Å². The molecule has 0 aliphatic rings. The first-order chi connectivity index (χ1) is 16.5. The lowest BCUT2D eigenvalue weighted by atomic mass is 9.95. The SMILES string of the molecule is COc1c(OS(=O)(=O)O)cc(CC=C(C)CCC[C@@H](C)C(=O)C=CC(C)(C)O)c(CCN(C)C)c1Br. The van der Waals surface area contributed by atoms with Gasteiger partial charge in [-0.15, -0.1) is 0 Å². The highest BCUT2D eigenvalue weighted by Crippen LogP contribution is 2.41. The van der Waals surface area contributed by atoms with Crippen LogP contribution in [0.25, 0.3) is 0 Å². The number of ether oxygens (including phenoxy) is 1. The highest BCUT2D eigenvalue weighted by atomic mass is 79.9. The highest BCUT2D eigenvalue weighted by molar-refractivity contribution is 9.10. The van der Waals surface area contributed by atoms with E-state index in [-0.39, 0.29) is 23.2 Å². The first-order valence-electron chi connectivity index (χ1n) is 11.8. The second-order valence-corrected chi connectivity index (χ2v) is 11.7. The molecule has 1 atom stereocenters. The van der Waals surface area contributed by atoms with Gasteiger partial charge in [-0.3, -0.25) is 9.35 Å². The number of ketones is 1. The van der Waals surface area contributed by atoms with Crippen LogP contribution in [0.3, 0.4) is 0 Å². The third kappa shape index (κ3) is 12.0. The van der Waals surface area contributed by atoms with Crippen molar-refractivity contribution in [2.45, 2.75) is 65.4 Å². The Morgan fingerprint density at radius 2 is 1.94 bits per heavy atom. The van der Waals surface area contributed by atoms with E-state index in [1.165, 1.54) is 19.3 Å². The Hall–Kier alpha value is -1.72. The zero-order valence-corrected chi connectivity index (χ0v) is 24.7. The molecule has 1 aromatic carbocycles. The van der Waals surface area contributed by atoms with Crippen LogP contribution in [0, 0.1) is 5.92 Å². The summed E-state index contributed by atoms with van der Waals surface area (Å²) in [4.78, 5) is 14.3. The number of likely N-dealkylation sites (N-methyl/N-ethyl adjacent to an activating group) is 1. The predicted octanol–water partition coefficient (Wildman–Crippen LogP) is 4.93. The minimum Gasteiger partial charge on any atom is -0.492 e. The Morgan fingerprint density at radius 3 is 2.47 bits per heavy atom. The van der Waals surface area contributed by atoms with E-state index in [9.17, 15) is 22.9 Å². The molecule has 0 aromatic heterocycles. The fraction of sp³-hybridized carbons (Fsp3) is 0.577. The summed E-state index contributed by atoms with van der Waals surface area (Å²) in [6, 6.07) is 1.59. The lowest BCUT2D eigenvalue weighted by Crippen LogP contribution is -2.16. The largest absolute Gasteiger partial charge is 0.492 e. The smallest absolute Gasteiger partial charge is 0.446 e. The molecule has 2 N–H and O–H groups in total. The Kier molecular flexibility index (Phi) is 12.8. The number of rotatable bonds is 15. The average Bonchev–Trinajstić information content (AvgIpc) is 2.73. The lowest BCUT2D eigenvalue weighted by Gasteiger charge is -2.19.